The van der Waals surface area contributed by atoms with Crippen LogP contribution in [0.5, 0.6) is 0 Å². The average Bonchev–Trinajstić information content (AvgIpc) is 3.06. The molecule has 0 saturated heterocycles. The molecule has 3 aromatic rings. The van der Waals surface area contributed by atoms with Crippen molar-refractivity contribution in [3.63, 3.8) is 0 Å². The van der Waals surface area contributed by atoms with Crippen molar-refractivity contribution in [2.45, 2.75) is 63.8 Å². The monoisotopic (exact) mass is 522 g/mol. The summed E-state index contributed by atoms with van der Waals surface area (Å²) in [4.78, 5) is 44.6. The summed E-state index contributed by atoms with van der Waals surface area (Å²) in [5, 5.41) is 14.7. The van der Waals surface area contributed by atoms with Crippen molar-refractivity contribution in [3.05, 3.63) is 101 Å². The number of aliphatic carboxylic acids is 1. The summed E-state index contributed by atoms with van der Waals surface area (Å²) in [7, 11) is 0. The van der Waals surface area contributed by atoms with Crippen LogP contribution in [0, 0.1) is 0 Å². The van der Waals surface area contributed by atoms with Gasteiger partial charge in [0, 0.05) is 42.5 Å². The first-order valence-corrected chi connectivity index (χ1v) is 13.3. The van der Waals surface area contributed by atoms with E-state index >= 15 is 0 Å². The van der Waals surface area contributed by atoms with Gasteiger partial charge in [-0.25, -0.2) is 0 Å². The van der Waals surface area contributed by atoms with Gasteiger partial charge < -0.3 is 15.2 Å². The van der Waals surface area contributed by atoms with E-state index in [4.69, 9.17) is 0 Å². The standard InChI is InChI=1S/C32H33N3O4/c1-32(2,3)23-10-8-20(9-11-23)22-18-25-30(27(36)19-22)31(21-14-16-33-17-15-21)35(28(37)12-13-29(38)39)26-7-5-4-6-24(26)34-25/h4-11,14-17,22,31,34H,12-13,18-19H2,1-3H3,(H,38,39)/p-1/t22-,31-/m0/s1. The lowest BCUT2D eigenvalue weighted by molar-refractivity contribution is -0.305. The number of amides is 1. The number of anilines is 2. The third-order valence-corrected chi connectivity index (χ3v) is 7.57. The van der Waals surface area contributed by atoms with Crippen molar-refractivity contribution >= 4 is 29.0 Å². The summed E-state index contributed by atoms with van der Waals surface area (Å²) in [6, 6.07) is 18.8. The first-order valence-electron chi connectivity index (χ1n) is 13.3. The number of hydrogen-bond acceptors (Lipinski definition) is 6. The van der Waals surface area contributed by atoms with Crippen LogP contribution < -0.4 is 15.3 Å². The quantitative estimate of drug-likeness (QED) is 0.516. The minimum atomic E-state index is -1.29. The number of Topliss-reactive ketones (excluding diaryl/α,β-unsaturated/α-hetero) is 1. The highest BCUT2D eigenvalue weighted by molar-refractivity contribution is 6.06. The molecule has 1 amide bonds. The number of carbonyl (C=O) groups is 3. The van der Waals surface area contributed by atoms with Crippen LogP contribution >= 0.6 is 0 Å². The van der Waals surface area contributed by atoms with E-state index < -0.39 is 24.3 Å². The van der Waals surface area contributed by atoms with E-state index in [1.54, 1.807) is 29.4 Å². The molecule has 39 heavy (non-hydrogen) atoms. The Morgan fingerprint density at radius 2 is 1.64 bits per heavy atom. The van der Waals surface area contributed by atoms with E-state index in [9.17, 15) is 19.5 Å². The minimum Gasteiger partial charge on any atom is -0.550 e. The molecule has 1 aliphatic heterocycles. The number of benzene rings is 2. The Morgan fingerprint density at radius 3 is 2.31 bits per heavy atom. The number of nitrogens with one attached hydrogen (secondary N) is 1. The van der Waals surface area contributed by atoms with Gasteiger partial charge in [0.15, 0.2) is 5.78 Å². The number of pyridine rings is 1. The summed E-state index contributed by atoms with van der Waals surface area (Å²) in [6.07, 6.45) is 3.55. The van der Waals surface area contributed by atoms with Crippen LogP contribution in [0.4, 0.5) is 11.4 Å². The Kier molecular flexibility index (Phi) is 7.08. The Bertz CT molecular complexity index is 1440. The minimum absolute atomic E-state index is 0.0108. The zero-order valence-corrected chi connectivity index (χ0v) is 22.4. The molecule has 2 aromatic carbocycles. The third kappa shape index (κ3) is 5.35. The number of ketones is 1. The summed E-state index contributed by atoms with van der Waals surface area (Å²) in [5.41, 5.74) is 5.70. The van der Waals surface area contributed by atoms with E-state index in [1.807, 2.05) is 24.3 Å². The van der Waals surface area contributed by atoms with Gasteiger partial charge in [0.2, 0.25) is 5.91 Å². The predicted molar refractivity (Wildman–Crippen MR) is 148 cm³/mol. The molecule has 7 nitrogen and oxygen atoms in total. The van der Waals surface area contributed by atoms with E-state index in [1.165, 1.54) is 5.56 Å². The fourth-order valence-corrected chi connectivity index (χ4v) is 5.55. The number of carboxylic acids is 1. The molecular weight excluding hydrogens is 490 g/mol. The lowest BCUT2D eigenvalue weighted by Gasteiger charge is -2.35. The highest BCUT2D eigenvalue weighted by atomic mass is 16.4. The molecule has 2 atom stereocenters. The summed E-state index contributed by atoms with van der Waals surface area (Å²) in [6.45, 7) is 6.53. The summed E-state index contributed by atoms with van der Waals surface area (Å²) in [5.74, 6) is -1.74. The van der Waals surface area contributed by atoms with Gasteiger partial charge in [-0.05, 0) is 65.1 Å². The Morgan fingerprint density at radius 1 is 0.949 bits per heavy atom. The van der Waals surface area contributed by atoms with Crippen LogP contribution in [-0.2, 0) is 19.8 Å². The van der Waals surface area contributed by atoms with E-state index in [2.05, 4.69) is 55.3 Å². The maximum absolute atomic E-state index is 14.0. The second-order valence-electron chi connectivity index (χ2n) is 11.3. The first kappa shape index (κ1) is 26.4. The highest BCUT2D eigenvalue weighted by Crippen LogP contribution is 2.47. The second-order valence-corrected chi connectivity index (χ2v) is 11.3. The smallest absolute Gasteiger partial charge is 0.228 e. The van der Waals surface area contributed by atoms with Crippen molar-refractivity contribution in [2.75, 3.05) is 10.2 Å². The van der Waals surface area contributed by atoms with E-state index in [0.29, 0.717) is 29.8 Å². The van der Waals surface area contributed by atoms with Gasteiger partial charge in [-0.15, -0.1) is 0 Å². The molecule has 0 radical (unpaired) electrons. The number of hydrogen-bond donors (Lipinski definition) is 1. The SMILES string of the molecule is CC(C)(C)c1ccc([C@@H]2CC(=O)C3=C(C2)Nc2ccccc2N(C(=O)CCC(=O)[O-])[C@H]3c2ccncc2)cc1. The number of fused-ring (bicyclic) bond motifs is 1. The van der Waals surface area contributed by atoms with Gasteiger partial charge in [-0.2, -0.15) is 0 Å². The van der Waals surface area contributed by atoms with Crippen LogP contribution in [0.25, 0.3) is 0 Å². The maximum atomic E-state index is 14.0. The molecule has 0 fully saturated rings. The van der Waals surface area contributed by atoms with E-state index in [0.717, 1.165) is 16.8 Å². The molecule has 200 valence electrons. The number of nitrogens with zero attached hydrogens (tertiary/aromatic N) is 2. The topological polar surface area (TPSA) is 102 Å². The zero-order chi connectivity index (χ0) is 27.7. The third-order valence-electron chi connectivity index (χ3n) is 7.57. The number of carbonyl (C=O) groups excluding carboxylic acids is 3. The molecule has 1 N–H and O–H groups in total. The van der Waals surface area contributed by atoms with Gasteiger partial charge in [0.05, 0.1) is 17.4 Å². The van der Waals surface area contributed by atoms with Gasteiger partial charge in [0.1, 0.15) is 0 Å². The highest BCUT2D eigenvalue weighted by Gasteiger charge is 2.41. The fraction of sp³-hybridized carbons (Fsp3) is 0.312. The Balaban J connectivity index is 1.62. The van der Waals surface area contributed by atoms with Gasteiger partial charge in [0.25, 0.3) is 0 Å². The number of allylic oxidation sites excluding steroid dienone is 1. The molecule has 2 aliphatic rings. The molecule has 0 spiro atoms. The number of rotatable bonds is 5. The summed E-state index contributed by atoms with van der Waals surface area (Å²) >= 11 is 0. The molecule has 2 heterocycles. The van der Waals surface area contributed by atoms with Crippen LogP contribution in [-0.4, -0.2) is 22.6 Å². The molecular formula is C32H32N3O4-. The van der Waals surface area contributed by atoms with Crippen molar-refractivity contribution in [1.29, 1.82) is 0 Å². The average molecular weight is 523 g/mol. The zero-order valence-electron chi connectivity index (χ0n) is 22.4. The second kappa shape index (κ2) is 10.5. The van der Waals surface area contributed by atoms with Crippen molar-refractivity contribution in [3.8, 4) is 0 Å². The predicted octanol–water partition coefficient (Wildman–Crippen LogP) is 4.81. The normalized spacial score (nSPS) is 19.1. The van der Waals surface area contributed by atoms with Crippen LogP contribution in [0.3, 0.4) is 0 Å². The van der Waals surface area contributed by atoms with Crippen molar-refractivity contribution in [1.82, 2.24) is 4.98 Å². The molecule has 0 saturated carbocycles. The van der Waals surface area contributed by atoms with Crippen LogP contribution in [0.15, 0.2) is 84.3 Å². The summed E-state index contributed by atoms with van der Waals surface area (Å²) < 4.78 is 0. The molecule has 0 unspecified atom stereocenters. The molecule has 1 aliphatic carbocycles. The maximum Gasteiger partial charge on any atom is 0.228 e. The molecule has 5 rings (SSSR count). The van der Waals surface area contributed by atoms with Gasteiger partial charge in [-0.3, -0.25) is 19.5 Å². The van der Waals surface area contributed by atoms with E-state index in [-0.39, 0.29) is 23.5 Å². The fourth-order valence-electron chi connectivity index (χ4n) is 5.55. The largest absolute Gasteiger partial charge is 0.550 e. The number of carboxylic acid groups (broad SMARTS) is 1. The number of para-hydroxylation sites is 2. The molecule has 0 bridgehead atoms. The first-order chi connectivity index (χ1) is 18.6. The lowest BCUT2D eigenvalue weighted by atomic mass is 9.77. The van der Waals surface area contributed by atoms with Crippen LogP contribution in [0.2, 0.25) is 0 Å². The Labute approximate surface area is 228 Å². The van der Waals surface area contributed by atoms with Crippen molar-refractivity contribution < 1.29 is 19.5 Å². The van der Waals surface area contributed by atoms with Crippen molar-refractivity contribution in [2.24, 2.45) is 0 Å². The Hall–Kier alpha value is -4.26. The van der Waals surface area contributed by atoms with Gasteiger partial charge >= 0.3 is 0 Å². The van der Waals surface area contributed by atoms with Crippen LogP contribution in [0.1, 0.15) is 75.1 Å². The molecule has 1 aromatic heterocycles. The molecule has 7 heteroatoms. The lowest BCUT2D eigenvalue weighted by Crippen LogP contribution is -2.39. The number of aromatic nitrogens is 1. The van der Waals surface area contributed by atoms with Gasteiger partial charge in [-0.1, -0.05) is 57.2 Å².